The molecular weight excluding hydrogens is 669 g/mol. The fourth-order valence-electron chi connectivity index (χ4n) is 7.36. The molecule has 0 aliphatic heterocycles. The Labute approximate surface area is 324 Å². The summed E-state index contributed by atoms with van der Waals surface area (Å²) in [6, 6.07) is 51.9. The van der Waals surface area contributed by atoms with E-state index in [9.17, 15) is 0 Å². The van der Waals surface area contributed by atoms with Crippen LogP contribution in [0.3, 0.4) is 0 Å². The molecule has 55 heavy (non-hydrogen) atoms. The lowest BCUT2D eigenvalue weighted by Gasteiger charge is -2.35. The predicted molar refractivity (Wildman–Crippen MR) is 237 cm³/mol. The van der Waals surface area contributed by atoms with Gasteiger partial charge in [0, 0.05) is 22.9 Å². The van der Waals surface area contributed by atoms with Crippen LogP contribution in [0.15, 0.2) is 207 Å². The van der Waals surface area contributed by atoms with Gasteiger partial charge in [0.15, 0.2) is 0 Å². The average molecular weight is 715 g/mol. The molecule has 0 radical (unpaired) electrons. The van der Waals surface area contributed by atoms with Crippen molar-refractivity contribution in [2.24, 2.45) is 5.73 Å². The van der Waals surface area contributed by atoms with Gasteiger partial charge >= 0.3 is 0 Å². The maximum atomic E-state index is 8.64. The summed E-state index contributed by atoms with van der Waals surface area (Å²) in [5, 5.41) is 13.5. The Morgan fingerprint density at radius 1 is 0.764 bits per heavy atom. The van der Waals surface area contributed by atoms with Crippen molar-refractivity contribution in [1.29, 1.82) is 5.41 Å². The van der Waals surface area contributed by atoms with E-state index in [1.54, 1.807) is 24.3 Å². The Bertz CT molecular complexity index is 2540. The number of nitrogens with zero attached hydrogens (tertiary/aromatic N) is 2. The molecule has 1 unspecified atom stereocenters. The summed E-state index contributed by atoms with van der Waals surface area (Å²) in [5.41, 5.74) is 18.8. The van der Waals surface area contributed by atoms with Crippen molar-refractivity contribution in [2.45, 2.75) is 19.4 Å². The number of fused-ring (bicyclic) bond motifs is 3. The Morgan fingerprint density at radius 2 is 1.36 bits per heavy atom. The number of aromatic nitrogens is 1. The summed E-state index contributed by atoms with van der Waals surface area (Å²) >= 11 is 0. The number of hydrogen-bond donors (Lipinski definition) is 2. The van der Waals surface area contributed by atoms with Crippen LogP contribution >= 0.6 is 0 Å². The molecule has 0 fully saturated rings. The first-order chi connectivity index (χ1) is 27.1. The van der Waals surface area contributed by atoms with Crippen LogP contribution in [0.5, 0.6) is 0 Å². The Kier molecular flexibility index (Phi) is 11.3. The number of anilines is 1. The molecule has 1 aromatic heterocycles. The van der Waals surface area contributed by atoms with Crippen LogP contribution in [-0.2, 0) is 0 Å². The number of hydrogen-bond acceptors (Lipinski definition) is 3. The SMILES string of the molecule is C=C/C=C\C(=N)c1ccc(N(C2C=CC(CN)=CC2)n2c3ccc(-c4ccccc4)cc3c3c(-c4ccccc4)ccc(-c4ccccc4)c32)cc1.C=CC. The van der Waals surface area contributed by atoms with Crippen molar-refractivity contribution in [3.8, 4) is 33.4 Å². The van der Waals surface area contributed by atoms with Gasteiger partial charge in [-0.3, -0.25) is 9.69 Å². The zero-order valence-electron chi connectivity index (χ0n) is 31.3. The molecule has 4 heteroatoms. The summed E-state index contributed by atoms with van der Waals surface area (Å²) in [6.45, 7) is 9.53. The summed E-state index contributed by atoms with van der Waals surface area (Å²) < 4.78 is 2.45. The van der Waals surface area contributed by atoms with Crippen LogP contribution in [-0.4, -0.2) is 23.0 Å². The van der Waals surface area contributed by atoms with Gasteiger partial charge in [0.1, 0.15) is 0 Å². The summed E-state index contributed by atoms with van der Waals surface area (Å²) in [5.74, 6) is 0. The highest BCUT2D eigenvalue weighted by Crippen LogP contribution is 2.44. The van der Waals surface area contributed by atoms with E-state index in [1.807, 2.05) is 19.1 Å². The molecule has 1 atom stereocenters. The van der Waals surface area contributed by atoms with Crippen LogP contribution in [0.4, 0.5) is 5.69 Å². The number of nitrogens with one attached hydrogen (secondary N) is 1. The third-order valence-electron chi connectivity index (χ3n) is 9.92. The second-order valence-corrected chi connectivity index (χ2v) is 13.5. The Morgan fingerprint density at radius 3 is 1.95 bits per heavy atom. The first-order valence-corrected chi connectivity index (χ1v) is 18.8. The fourth-order valence-corrected chi connectivity index (χ4v) is 7.36. The van der Waals surface area contributed by atoms with Crippen LogP contribution < -0.4 is 10.7 Å². The van der Waals surface area contributed by atoms with Crippen LogP contribution in [0, 0.1) is 5.41 Å². The molecule has 0 bridgehead atoms. The first kappa shape index (κ1) is 36.6. The lowest BCUT2D eigenvalue weighted by molar-refractivity contribution is 0.637. The number of benzene rings is 6. The lowest BCUT2D eigenvalue weighted by Crippen LogP contribution is -2.39. The molecule has 0 saturated carbocycles. The predicted octanol–water partition coefficient (Wildman–Crippen LogP) is 12.6. The van der Waals surface area contributed by atoms with Crippen LogP contribution in [0.1, 0.15) is 18.9 Å². The highest BCUT2D eigenvalue weighted by Gasteiger charge is 2.28. The molecule has 6 aromatic carbocycles. The minimum absolute atomic E-state index is 0.00197. The van der Waals surface area contributed by atoms with Gasteiger partial charge in [-0.25, -0.2) is 0 Å². The van der Waals surface area contributed by atoms with E-state index in [2.05, 4.69) is 175 Å². The second kappa shape index (κ2) is 16.9. The van der Waals surface area contributed by atoms with Gasteiger partial charge in [0.05, 0.1) is 28.5 Å². The van der Waals surface area contributed by atoms with E-state index in [4.69, 9.17) is 11.1 Å². The molecule has 4 nitrogen and oxygen atoms in total. The van der Waals surface area contributed by atoms with E-state index >= 15 is 0 Å². The molecule has 7 aromatic rings. The highest BCUT2D eigenvalue weighted by molar-refractivity contribution is 6.20. The van der Waals surface area contributed by atoms with Crippen molar-refractivity contribution in [3.05, 3.63) is 212 Å². The van der Waals surface area contributed by atoms with Gasteiger partial charge in [0.2, 0.25) is 0 Å². The van der Waals surface area contributed by atoms with Crippen LogP contribution in [0.25, 0.3) is 55.2 Å². The Hall–Kier alpha value is -6.75. The minimum atomic E-state index is -0.00197. The lowest BCUT2D eigenvalue weighted by atomic mass is 9.93. The number of allylic oxidation sites excluding steroid dienone is 4. The van der Waals surface area contributed by atoms with Crippen molar-refractivity contribution < 1.29 is 0 Å². The van der Waals surface area contributed by atoms with Crippen molar-refractivity contribution >= 4 is 33.2 Å². The molecule has 0 spiro atoms. The molecule has 1 aliphatic rings. The van der Waals surface area contributed by atoms with Gasteiger partial charge < -0.3 is 11.1 Å². The third-order valence-corrected chi connectivity index (χ3v) is 9.92. The standard InChI is InChI=1S/C48H40N4.C3H6/c1-2-3-19-45(50)38-22-27-41(28-23-38)51(40-25-20-34(33-49)21-26-40)52-46-31-24-39(35-13-7-4-8-14-35)32-44(46)47-42(36-15-9-5-10-16-36)29-30-43(48(47)52)37-17-11-6-12-18-37;1-3-2/h2-25,27-32,40,50H,1,26,33,49H2;3H,1H2,2H3/b19-3-,50-45?;. The smallest absolute Gasteiger partial charge is 0.0797 e. The van der Waals surface area contributed by atoms with Gasteiger partial charge in [-0.1, -0.05) is 164 Å². The van der Waals surface area contributed by atoms with Crippen molar-refractivity contribution in [2.75, 3.05) is 11.6 Å². The monoisotopic (exact) mass is 714 g/mol. The maximum Gasteiger partial charge on any atom is 0.0797 e. The zero-order valence-corrected chi connectivity index (χ0v) is 31.3. The highest BCUT2D eigenvalue weighted by atomic mass is 15.6. The summed E-state index contributed by atoms with van der Waals surface area (Å²) in [6.07, 6.45) is 14.5. The minimum Gasteiger partial charge on any atom is -0.327 e. The van der Waals surface area contributed by atoms with E-state index in [0.717, 1.165) is 45.4 Å². The molecule has 0 saturated heterocycles. The molecule has 1 heterocycles. The first-order valence-electron chi connectivity index (χ1n) is 18.8. The van der Waals surface area contributed by atoms with Gasteiger partial charge in [-0.15, -0.1) is 6.58 Å². The van der Waals surface area contributed by atoms with Gasteiger partial charge in [-0.05, 0) is 82.6 Å². The topological polar surface area (TPSA) is 58.0 Å². The molecule has 8 rings (SSSR count). The quantitative estimate of drug-likeness (QED) is 0.0842. The number of rotatable bonds is 10. The van der Waals surface area contributed by atoms with Crippen LogP contribution in [0.2, 0.25) is 0 Å². The van der Waals surface area contributed by atoms with Gasteiger partial charge in [-0.2, -0.15) is 0 Å². The summed E-state index contributed by atoms with van der Waals surface area (Å²) in [7, 11) is 0. The maximum absolute atomic E-state index is 8.64. The number of nitrogens with two attached hydrogens (primary N) is 1. The van der Waals surface area contributed by atoms with E-state index in [0.29, 0.717) is 12.3 Å². The molecule has 1 aliphatic carbocycles. The van der Waals surface area contributed by atoms with E-state index in [-0.39, 0.29) is 6.04 Å². The molecular formula is C51H46N4. The van der Waals surface area contributed by atoms with Gasteiger partial charge in [0.25, 0.3) is 0 Å². The zero-order chi connectivity index (χ0) is 38.1. The molecule has 0 amide bonds. The Balaban J connectivity index is 0.00000150. The normalized spacial score (nSPS) is 13.6. The van der Waals surface area contributed by atoms with E-state index in [1.165, 1.54) is 33.0 Å². The molecule has 270 valence electrons. The van der Waals surface area contributed by atoms with E-state index < -0.39 is 0 Å². The average Bonchev–Trinajstić information content (AvgIpc) is 3.58. The fraction of sp³-hybridized carbons (Fsp3) is 0.0784. The second-order valence-electron chi connectivity index (χ2n) is 13.5. The summed E-state index contributed by atoms with van der Waals surface area (Å²) in [4.78, 5) is 0. The van der Waals surface area contributed by atoms with Crippen molar-refractivity contribution in [3.63, 3.8) is 0 Å². The largest absolute Gasteiger partial charge is 0.327 e. The van der Waals surface area contributed by atoms with Crippen molar-refractivity contribution in [1.82, 2.24) is 4.68 Å². The third kappa shape index (κ3) is 7.54. The molecule has 3 N–H and O–H groups in total.